The first kappa shape index (κ1) is 19.5. The molecule has 0 aliphatic rings. The molecule has 0 bridgehead atoms. The summed E-state index contributed by atoms with van der Waals surface area (Å²) in [5.41, 5.74) is 4.84. The van der Waals surface area contributed by atoms with Gasteiger partial charge in [0.15, 0.2) is 0 Å². The Bertz CT molecular complexity index is 695. The first-order chi connectivity index (χ1) is 11.6. The lowest BCUT2D eigenvalue weighted by atomic mass is 10.0. The summed E-state index contributed by atoms with van der Waals surface area (Å²) < 4.78 is 7.86. The molecule has 0 fully saturated rings. The zero-order chi connectivity index (χ0) is 18.8. The molecular weight excluding hydrogens is 310 g/mol. The van der Waals surface area contributed by atoms with Crippen LogP contribution in [0.5, 0.6) is 5.75 Å². The van der Waals surface area contributed by atoms with Crippen molar-refractivity contribution in [2.24, 2.45) is 7.05 Å². The Kier molecular flexibility index (Phi) is 5.94. The molecular formula is C21H33N3O. The number of benzene rings is 1. The number of aryl methyl sites for hydroxylation is 2. The average molecular weight is 344 g/mol. The molecule has 0 unspecified atom stereocenters. The van der Waals surface area contributed by atoms with Crippen LogP contribution in [0.1, 0.15) is 63.2 Å². The number of nitrogens with one attached hydrogen (secondary N) is 1. The van der Waals surface area contributed by atoms with E-state index in [-0.39, 0.29) is 11.6 Å². The fraction of sp³-hybridized carbons (Fsp3) is 0.571. The predicted molar refractivity (Wildman–Crippen MR) is 104 cm³/mol. The Morgan fingerprint density at radius 2 is 1.72 bits per heavy atom. The molecule has 4 heteroatoms. The molecule has 25 heavy (non-hydrogen) atoms. The van der Waals surface area contributed by atoms with Crippen molar-refractivity contribution in [3.05, 3.63) is 46.8 Å². The van der Waals surface area contributed by atoms with Gasteiger partial charge in [0.25, 0.3) is 0 Å². The Morgan fingerprint density at radius 3 is 2.20 bits per heavy atom. The molecule has 2 aromatic rings. The van der Waals surface area contributed by atoms with Crippen molar-refractivity contribution < 1.29 is 4.74 Å². The van der Waals surface area contributed by atoms with Crippen molar-refractivity contribution in [2.75, 3.05) is 0 Å². The number of rotatable bonds is 6. The highest BCUT2D eigenvalue weighted by atomic mass is 16.5. The molecule has 2 rings (SSSR count). The van der Waals surface area contributed by atoms with Gasteiger partial charge in [-0.25, -0.2) is 0 Å². The minimum Gasteiger partial charge on any atom is -0.488 e. The molecule has 0 aliphatic heterocycles. The topological polar surface area (TPSA) is 39.1 Å². The van der Waals surface area contributed by atoms with E-state index in [0.717, 1.165) is 17.9 Å². The van der Waals surface area contributed by atoms with Crippen molar-refractivity contribution in [1.29, 1.82) is 0 Å². The highest BCUT2D eigenvalue weighted by Crippen LogP contribution is 2.22. The van der Waals surface area contributed by atoms with Crippen LogP contribution in [0.15, 0.2) is 24.3 Å². The van der Waals surface area contributed by atoms with Crippen LogP contribution >= 0.6 is 0 Å². The van der Waals surface area contributed by atoms with Crippen molar-refractivity contribution in [1.82, 2.24) is 15.1 Å². The highest BCUT2D eigenvalue weighted by Gasteiger charge is 2.16. The van der Waals surface area contributed by atoms with E-state index in [1.807, 2.05) is 11.7 Å². The summed E-state index contributed by atoms with van der Waals surface area (Å²) in [5.74, 6) is 0.915. The Balaban J connectivity index is 1.97. The normalized spacial score (nSPS) is 14.4. The molecule has 4 nitrogen and oxygen atoms in total. The summed E-state index contributed by atoms with van der Waals surface area (Å²) in [6.45, 7) is 14.9. The lowest BCUT2D eigenvalue weighted by Crippen LogP contribution is -2.31. The van der Waals surface area contributed by atoms with E-state index in [9.17, 15) is 0 Å². The molecule has 0 aliphatic carbocycles. The number of aromatic nitrogens is 2. The van der Waals surface area contributed by atoms with Crippen LogP contribution in [-0.4, -0.2) is 21.4 Å². The van der Waals surface area contributed by atoms with Gasteiger partial charge in [-0.3, -0.25) is 4.68 Å². The summed E-state index contributed by atoms with van der Waals surface area (Å²) in [4.78, 5) is 0. The highest BCUT2D eigenvalue weighted by molar-refractivity contribution is 5.30. The van der Waals surface area contributed by atoms with Crippen LogP contribution < -0.4 is 10.1 Å². The van der Waals surface area contributed by atoms with Crippen LogP contribution in [0.3, 0.4) is 0 Å². The second-order valence-electron chi connectivity index (χ2n) is 8.05. The van der Waals surface area contributed by atoms with E-state index in [2.05, 4.69) is 83.1 Å². The molecule has 1 aromatic carbocycles. The van der Waals surface area contributed by atoms with Gasteiger partial charge in [0.2, 0.25) is 0 Å². The fourth-order valence-electron chi connectivity index (χ4n) is 3.18. The Morgan fingerprint density at radius 1 is 1.12 bits per heavy atom. The first-order valence-corrected chi connectivity index (χ1v) is 9.11. The molecule has 0 spiro atoms. The van der Waals surface area contributed by atoms with Gasteiger partial charge in [0.05, 0.1) is 5.69 Å². The maximum atomic E-state index is 5.90. The van der Waals surface area contributed by atoms with Gasteiger partial charge in [0, 0.05) is 24.8 Å². The molecule has 0 saturated carbocycles. The van der Waals surface area contributed by atoms with Crippen molar-refractivity contribution in [2.45, 2.75) is 72.6 Å². The van der Waals surface area contributed by atoms with Crippen LogP contribution in [0.4, 0.5) is 0 Å². The molecule has 138 valence electrons. The van der Waals surface area contributed by atoms with Gasteiger partial charge >= 0.3 is 0 Å². The number of hydrogen-bond acceptors (Lipinski definition) is 3. The number of ether oxygens (including phenoxy) is 1. The minimum absolute atomic E-state index is 0.167. The van der Waals surface area contributed by atoms with E-state index < -0.39 is 0 Å². The third kappa shape index (κ3) is 5.33. The third-order valence-electron chi connectivity index (χ3n) is 4.51. The van der Waals surface area contributed by atoms with Crippen molar-refractivity contribution in [3.8, 4) is 5.75 Å². The van der Waals surface area contributed by atoms with E-state index in [4.69, 9.17) is 4.74 Å². The maximum Gasteiger partial charge on any atom is 0.120 e. The maximum absolute atomic E-state index is 5.90. The van der Waals surface area contributed by atoms with E-state index in [0.29, 0.717) is 6.04 Å². The van der Waals surface area contributed by atoms with Gasteiger partial charge in [-0.05, 0) is 78.1 Å². The van der Waals surface area contributed by atoms with Crippen LogP contribution in [0.2, 0.25) is 0 Å². The average Bonchev–Trinajstić information content (AvgIpc) is 2.72. The zero-order valence-electron chi connectivity index (χ0n) is 17.0. The lowest BCUT2D eigenvalue weighted by molar-refractivity contribution is 0.131. The molecule has 1 N–H and O–H groups in total. The second kappa shape index (κ2) is 7.61. The summed E-state index contributed by atoms with van der Waals surface area (Å²) >= 11 is 0. The minimum atomic E-state index is -0.167. The van der Waals surface area contributed by atoms with Crippen molar-refractivity contribution >= 4 is 0 Å². The molecule has 0 amide bonds. The molecule has 0 radical (unpaired) electrons. The smallest absolute Gasteiger partial charge is 0.120 e. The molecule has 1 aromatic heterocycles. The number of hydrogen-bond donors (Lipinski definition) is 1. The van der Waals surface area contributed by atoms with Crippen LogP contribution in [-0.2, 0) is 13.5 Å². The van der Waals surface area contributed by atoms with Crippen LogP contribution in [0.25, 0.3) is 0 Å². The third-order valence-corrected chi connectivity index (χ3v) is 4.51. The summed E-state index contributed by atoms with van der Waals surface area (Å²) in [5, 5.41) is 8.21. The van der Waals surface area contributed by atoms with Gasteiger partial charge < -0.3 is 10.1 Å². The van der Waals surface area contributed by atoms with E-state index in [1.165, 1.54) is 16.8 Å². The summed E-state index contributed by atoms with van der Waals surface area (Å²) in [6, 6.07) is 9.06. The lowest BCUT2D eigenvalue weighted by Gasteiger charge is -2.23. The number of nitrogens with zero attached hydrogens (tertiary/aromatic N) is 2. The monoisotopic (exact) mass is 343 g/mol. The summed E-state index contributed by atoms with van der Waals surface area (Å²) in [6.07, 6.45) is 0.987. The Hall–Kier alpha value is -1.81. The van der Waals surface area contributed by atoms with E-state index in [1.54, 1.807) is 0 Å². The van der Waals surface area contributed by atoms with Gasteiger partial charge in [-0.2, -0.15) is 5.10 Å². The molecule has 2 atom stereocenters. The molecule has 1 heterocycles. The largest absolute Gasteiger partial charge is 0.488 e. The van der Waals surface area contributed by atoms with Crippen molar-refractivity contribution in [3.63, 3.8) is 0 Å². The molecule has 0 saturated heterocycles. The van der Waals surface area contributed by atoms with Gasteiger partial charge in [-0.1, -0.05) is 12.1 Å². The van der Waals surface area contributed by atoms with Crippen LogP contribution in [0, 0.1) is 13.8 Å². The van der Waals surface area contributed by atoms with Gasteiger partial charge in [0.1, 0.15) is 11.4 Å². The standard InChI is InChI=1S/C21H33N3O/c1-14(13-20-16(3)23-24(8)17(20)4)22-15(2)18-9-11-19(12-10-18)25-21(5,6)7/h9-12,14-15,22H,13H2,1-8H3/t14-,15+/m1/s1. The quantitative estimate of drug-likeness (QED) is 0.839. The fourth-order valence-corrected chi connectivity index (χ4v) is 3.18. The second-order valence-corrected chi connectivity index (χ2v) is 8.05. The predicted octanol–water partition coefficient (Wildman–Crippen LogP) is 4.50. The van der Waals surface area contributed by atoms with E-state index >= 15 is 0 Å². The SMILES string of the molecule is Cc1nn(C)c(C)c1C[C@@H](C)N[C@@H](C)c1ccc(OC(C)(C)C)cc1. The Labute approximate surface area is 152 Å². The van der Waals surface area contributed by atoms with Gasteiger partial charge in [-0.15, -0.1) is 0 Å². The zero-order valence-corrected chi connectivity index (χ0v) is 17.0. The first-order valence-electron chi connectivity index (χ1n) is 9.11. The summed E-state index contributed by atoms with van der Waals surface area (Å²) in [7, 11) is 2.01.